The Hall–Kier alpha value is -1.04. The minimum absolute atomic E-state index is 0.217. The summed E-state index contributed by atoms with van der Waals surface area (Å²) in [6, 6.07) is 3.65. The molecule has 0 radical (unpaired) electrons. The molecular weight excluding hydrogens is 350 g/mol. The van der Waals surface area contributed by atoms with Crippen molar-refractivity contribution in [2.24, 2.45) is 0 Å². The zero-order valence-corrected chi connectivity index (χ0v) is 13.0. The highest BCUT2D eigenvalue weighted by Crippen LogP contribution is 2.26. The maximum atomic E-state index is 13.9. The minimum atomic E-state index is -0.629. The maximum absolute atomic E-state index is 13.9. The van der Waals surface area contributed by atoms with Crippen LogP contribution in [0.4, 0.5) is 8.78 Å². The molecule has 20 heavy (non-hydrogen) atoms. The van der Waals surface area contributed by atoms with E-state index in [1.807, 2.05) is 6.07 Å². The maximum Gasteiger partial charge on any atom is 0.142 e. The summed E-state index contributed by atoms with van der Waals surface area (Å²) >= 11 is 8.89. The van der Waals surface area contributed by atoms with Crippen molar-refractivity contribution in [1.29, 1.82) is 0 Å². The summed E-state index contributed by atoms with van der Waals surface area (Å²) in [5, 5.41) is 2.76. The van der Waals surface area contributed by atoms with Crippen molar-refractivity contribution in [2.45, 2.75) is 12.5 Å². The highest BCUT2D eigenvalue weighted by atomic mass is 79.9. The molecule has 0 aliphatic heterocycles. The second-order valence-electron chi connectivity index (χ2n) is 4.34. The topological polar surface area (TPSA) is 24.9 Å². The van der Waals surface area contributed by atoms with E-state index in [1.165, 1.54) is 0 Å². The highest BCUT2D eigenvalue weighted by Gasteiger charge is 2.17. The SMILES string of the molecule is CNC(Cc1cncc(Br)c1)c1cc(F)c(Cl)cc1F. The van der Waals surface area contributed by atoms with Crippen LogP contribution in [0.25, 0.3) is 0 Å². The number of nitrogens with one attached hydrogen (secondary N) is 1. The molecule has 0 bridgehead atoms. The molecule has 106 valence electrons. The van der Waals surface area contributed by atoms with Gasteiger partial charge in [-0.2, -0.15) is 0 Å². The lowest BCUT2D eigenvalue weighted by molar-refractivity contribution is 0.522. The van der Waals surface area contributed by atoms with Crippen LogP contribution >= 0.6 is 27.5 Å². The van der Waals surface area contributed by atoms with Gasteiger partial charge in [0.25, 0.3) is 0 Å². The van der Waals surface area contributed by atoms with Gasteiger partial charge in [-0.1, -0.05) is 11.6 Å². The van der Waals surface area contributed by atoms with E-state index in [-0.39, 0.29) is 16.6 Å². The smallest absolute Gasteiger partial charge is 0.142 e. The van der Waals surface area contributed by atoms with Crippen molar-refractivity contribution in [2.75, 3.05) is 7.05 Å². The van der Waals surface area contributed by atoms with Crippen LogP contribution in [0.1, 0.15) is 17.2 Å². The fourth-order valence-corrected chi connectivity index (χ4v) is 2.54. The van der Waals surface area contributed by atoms with E-state index in [1.54, 1.807) is 19.4 Å². The Balaban J connectivity index is 2.31. The van der Waals surface area contributed by atoms with Gasteiger partial charge in [0.15, 0.2) is 0 Å². The summed E-state index contributed by atoms with van der Waals surface area (Å²) in [6.45, 7) is 0. The molecule has 0 spiro atoms. The molecule has 1 aromatic heterocycles. The Morgan fingerprint density at radius 1 is 1.25 bits per heavy atom. The lowest BCUT2D eigenvalue weighted by atomic mass is 9.99. The number of nitrogens with zero attached hydrogens (tertiary/aromatic N) is 1. The number of aromatic nitrogens is 1. The van der Waals surface area contributed by atoms with Gasteiger partial charge in [0.05, 0.1) is 5.02 Å². The first-order chi connectivity index (χ1) is 9.51. The van der Waals surface area contributed by atoms with Gasteiger partial charge in [-0.15, -0.1) is 0 Å². The van der Waals surface area contributed by atoms with Crippen LogP contribution in [0, 0.1) is 11.6 Å². The first kappa shape index (κ1) is 15.4. The van der Waals surface area contributed by atoms with Crippen molar-refractivity contribution >= 4 is 27.5 Å². The average Bonchev–Trinajstić information content (AvgIpc) is 2.40. The lowest BCUT2D eigenvalue weighted by Crippen LogP contribution is -2.20. The molecule has 1 N–H and O–H groups in total. The Morgan fingerprint density at radius 2 is 2.00 bits per heavy atom. The molecule has 0 fully saturated rings. The van der Waals surface area contributed by atoms with Gasteiger partial charge in [0.1, 0.15) is 11.6 Å². The Labute approximate surface area is 129 Å². The minimum Gasteiger partial charge on any atom is -0.313 e. The third-order valence-electron chi connectivity index (χ3n) is 2.96. The normalized spacial score (nSPS) is 12.4. The van der Waals surface area contributed by atoms with Gasteiger partial charge in [-0.05, 0) is 53.2 Å². The second-order valence-corrected chi connectivity index (χ2v) is 5.67. The number of halogens is 4. The number of hydrogen-bond donors (Lipinski definition) is 1. The van der Waals surface area contributed by atoms with E-state index >= 15 is 0 Å². The molecule has 0 saturated heterocycles. The molecule has 1 aromatic carbocycles. The molecule has 2 nitrogen and oxygen atoms in total. The van der Waals surface area contributed by atoms with E-state index in [9.17, 15) is 8.78 Å². The number of rotatable bonds is 4. The van der Waals surface area contributed by atoms with E-state index in [4.69, 9.17) is 11.6 Å². The number of pyridine rings is 1. The van der Waals surface area contributed by atoms with Crippen LogP contribution in [0.2, 0.25) is 5.02 Å². The number of hydrogen-bond acceptors (Lipinski definition) is 2. The van der Waals surface area contributed by atoms with Gasteiger partial charge in [0, 0.05) is 28.5 Å². The summed E-state index contributed by atoms with van der Waals surface area (Å²) in [7, 11) is 1.70. The van der Waals surface area contributed by atoms with Crippen LogP contribution in [-0.2, 0) is 6.42 Å². The van der Waals surface area contributed by atoms with Crippen LogP contribution < -0.4 is 5.32 Å². The summed E-state index contributed by atoms with van der Waals surface area (Å²) < 4.78 is 28.3. The first-order valence-corrected chi connectivity index (χ1v) is 7.09. The summed E-state index contributed by atoms with van der Waals surface area (Å²) in [5.41, 5.74) is 1.16. The zero-order chi connectivity index (χ0) is 14.7. The monoisotopic (exact) mass is 360 g/mol. The quantitative estimate of drug-likeness (QED) is 0.822. The third kappa shape index (κ3) is 3.53. The summed E-state index contributed by atoms with van der Waals surface area (Å²) in [6.07, 6.45) is 3.85. The van der Waals surface area contributed by atoms with Crippen molar-refractivity contribution < 1.29 is 8.78 Å². The largest absolute Gasteiger partial charge is 0.313 e. The van der Waals surface area contributed by atoms with Crippen molar-refractivity contribution in [3.05, 3.63) is 62.8 Å². The molecule has 1 unspecified atom stereocenters. The van der Waals surface area contributed by atoms with Gasteiger partial charge < -0.3 is 5.32 Å². The van der Waals surface area contributed by atoms with E-state index in [0.29, 0.717) is 6.42 Å². The average molecular weight is 362 g/mol. The van der Waals surface area contributed by atoms with E-state index in [2.05, 4.69) is 26.2 Å². The van der Waals surface area contributed by atoms with E-state index < -0.39 is 11.6 Å². The van der Waals surface area contributed by atoms with Gasteiger partial charge in [-0.25, -0.2) is 8.78 Å². The summed E-state index contributed by atoms with van der Waals surface area (Å²) in [4.78, 5) is 4.06. The van der Waals surface area contributed by atoms with Gasteiger partial charge in [0.2, 0.25) is 0 Å². The summed E-state index contributed by atoms with van der Waals surface area (Å²) in [5.74, 6) is -1.16. The fourth-order valence-electron chi connectivity index (χ4n) is 1.98. The Bertz CT molecular complexity index is 622. The molecule has 6 heteroatoms. The first-order valence-electron chi connectivity index (χ1n) is 5.92. The molecule has 0 saturated carbocycles. The molecule has 1 heterocycles. The standard InChI is InChI=1S/C14H12BrClF2N2/c1-19-14(3-8-2-9(15)7-20-6-8)10-4-13(18)11(16)5-12(10)17/h2,4-7,14,19H,3H2,1H3. The van der Waals surface area contributed by atoms with E-state index in [0.717, 1.165) is 22.2 Å². The number of likely N-dealkylation sites (N-methyl/N-ethyl adjacent to an activating group) is 1. The molecule has 0 aliphatic carbocycles. The Kier molecular flexibility index (Phi) is 5.07. The van der Waals surface area contributed by atoms with Gasteiger partial charge in [-0.3, -0.25) is 4.98 Å². The van der Waals surface area contributed by atoms with Crippen molar-refractivity contribution in [3.8, 4) is 0 Å². The second kappa shape index (κ2) is 6.61. The lowest BCUT2D eigenvalue weighted by Gasteiger charge is -2.18. The molecule has 0 aliphatic rings. The predicted octanol–water partition coefficient (Wildman–Crippen LogP) is 4.28. The Morgan fingerprint density at radius 3 is 2.65 bits per heavy atom. The molecular formula is C14H12BrClF2N2. The van der Waals surface area contributed by atoms with Gasteiger partial charge >= 0.3 is 0 Å². The number of benzene rings is 1. The highest BCUT2D eigenvalue weighted by molar-refractivity contribution is 9.10. The van der Waals surface area contributed by atoms with Crippen molar-refractivity contribution in [1.82, 2.24) is 10.3 Å². The third-order valence-corrected chi connectivity index (χ3v) is 3.69. The molecule has 2 aromatic rings. The molecule has 1 atom stereocenters. The zero-order valence-electron chi connectivity index (χ0n) is 10.6. The van der Waals surface area contributed by atoms with Crippen LogP contribution in [0.15, 0.2) is 35.1 Å². The van der Waals surface area contributed by atoms with Crippen LogP contribution in [-0.4, -0.2) is 12.0 Å². The molecule has 0 amide bonds. The predicted molar refractivity (Wildman–Crippen MR) is 78.8 cm³/mol. The fraction of sp³-hybridized carbons (Fsp3) is 0.214. The molecule has 2 rings (SSSR count). The van der Waals surface area contributed by atoms with Crippen molar-refractivity contribution in [3.63, 3.8) is 0 Å². The van der Waals surface area contributed by atoms with Crippen LogP contribution in [0.5, 0.6) is 0 Å². The van der Waals surface area contributed by atoms with Crippen LogP contribution in [0.3, 0.4) is 0 Å².